The first-order chi connectivity index (χ1) is 8.97. The standard InChI is InChI=1S/C14H20Cl2N2O/c1-4-17-8-7-14(19)18(3)10(2)12-6-5-11(15)9-13(12)16/h5-6,9-10,17H,4,7-8H2,1-3H3. The van der Waals surface area contributed by atoms with Gasteiger partial charge in [-0.2, -0.15) is 0 Å². The molecule has 106 valence electrons. The zero-order valence-electron chi connectivity index (χ0n) is 11.5. The van der Waals surface area contributed by atoms with Crippen molar-refractivity contribution in [3.8, 4) is 0 Å². The second-order valence-corrected chi connectivity index (χ2v) is 5.29. The third kappa shape index (κ3) is 4.68. The van der Waals surface area contributed by atoms with E-state index in [1.165, 1.54) is 0 Å². The van der Waals surface area contributed by atoms with E-state index in [4.69, 9.17) is 23.2 Å². The van der Waals surface area contributed by atoms with E-state index >= 15 is 0 Å². The van der Waals surface area contributed by atoms with Crippen molar-refractivity contribution in [3.05, 3.63) is 33.8 Å². The predicted octanol–water partition coefficient (Wildman–Crippen LogP) is 3.51. The van der Waals surface area contributed by atoms with E-state index in [0.717, 1.165) is 12.1 Å². The minimum absolute atomic E-state index is 0.0705. The van der Waals surface area contributed by atoms with Gasteiger partial charge in [-0.25, -0.2) is 0 Å². The molecule has 1 aromatic rings. The Morgan fingerprint density at radius 2 is 2.11 bits per heavy atom. The second kappa shape index (κ2) is 7.73. The summed E-state index contributed by atoms with van der Waals surface area (Å²) < 4.78 is 0. The highest BCUT2D eigenvalue weighted by molar-refractivity contribution is 6.35. The van der Waals surface area contributed by atoms with Crippen molar-refractivity contribution in [1.82, 2.24) is 10.2 Å². The predicted molar refractivity (Wildman–Crippen MR) is 80.8 cm³/mol. The van der Waals surface area contributed by atoms with Crippen LogP contribution in [0.25, 0.3) is 0 Å². The van der Waals surface area contributed by atoms with Gasteiger partial charge in [-0.1, -0.05) is 36.2 Å². The van der Waals surface area contributed by atoms with E-state index < -0.39 is 0 Å². The summed E-state index contributed by atoms with van der Waals surface area (Å²) in [4.78, 5) is 13.7. The Hall–Kier alpha value is -0.770. The third-order valence-corrected chi connectivity index (χ3v) is 3.71. The van der Waals surface area contributed by atoms with Crippen molar-refractivity contribution in [1.29, 1.82) is 0 Å². The fraction of sp³-hybridized carbons (Fsp3) is 0.500. The Morgan fingerprint density at radius 3 is 2.68 bits per heavy atom. The molecule has 1 atom stereocenters. The molecule has 0 saturated heterocycles. The quantitative estimate of drug-likeness (QED) is 0.816. The lowest BCUT2D eigenvalue weighted by Gasteiger charge is -2.26. The average molecular weight is 303 g/mol. The molecule has 0 spiro atoms. The molecule has 0 aromatic heterocycles. The number of halogens is 2. The molecule has 19 heavy (non-hydrogen) atoms. The topological polar surface area (TPSA) is 32.3 Å². The first kappa shape index (κ1) is 16.3. The number of carbonyl (C=O) groups is 1. The first-order valence-electron chi connectivity index (χ1n) is 6.38. The Balaban J connectivity index is 2.70. The van der Waals surface area contributed by atoms with E-state index in [-0.39, 0.29) is 11.9 Å². The lowest BCUT2D eigenvalue weighted by molar-refractivity contribution is -0.131. The fourth-order valence-electron chi connectivity index (χ4n) is 1.81. The van der Waals surface area contributed by atoms with Crippen LogP contribution in [-0.4, -0.2) is 30.9 Å². The zero-order chi connectivity index (χ0) is 14.4. The lowest BCUT2D eigenvalue weighted by atomic mass is 10.1. The highest BCUT2D eigenvalue weighted by Gasteiger charge is 2.19. The van der Waals surface area contributed by atoms with Gasteiger partial charge in [0, 0.05) is 30.1 Å². The number of nitrogens with one attached hydrogen (secondary N) is 1. The summed E-state index contributed by atoms with van der Waals surface area (Å²) in [6, 6.07) is 5.28. The van der Waals surface area contributed by atoms with Gasteiger partial charge < -0.3 is 10.2 Å². The monoisotopic (exact) mass is 302 g/mol. The molecule has 1 rings (SSSR count). The fourth-order valence-corrected chi connectivity index (χ4v) is 2.38. The summed E-state index contributed by atoms with van der Waals surface area (Å²) in [5.41, 5.74) is 0.908. The van der Waals surface area contributed by atoms with E-state index in [0.29, 0.717) is 23.0 Å². The Labute approximate surface area is 124 Å². The molecule has 1 aromatic carbocycles. The number of hydrogen-bond acceptors (Lipinski definition) is 2. The second-order valence-electron chi connectivity index (χ2n) is 4.45. The molecular weight excluding hydrogens is 283 g/mol. The maximum atomic E-state index is 12.0. The lowest BCUT2D eigenvalue weighted by Crippen LogP contribution is -2.32. The van der Waals surface area contributed by atoms with E-state index in [9.17, 15) is 4.79 Å². The highest BCUT2D eigenvalue weighted by atomic mass is 35.5. The van der Waals surface area contributed by atoms with Crippen molar-refractivity contribution in [2.45, 2.75) is 26.3 Å². The molecule has 0 radical (unpaired) electrons. The Kier molecular flexibility index (Phi) is 6.63. The number of nitrogens with zero attached hydrogens (tertiary/aromatic N) is 1. The van der Waals surface area contributed by atoms with Crippen LogP contribution in [0.15, 0.2) is 18.2 Å². The summed E-state index contributed by atoms with van der Waals surface area (Å²) in [6.45, 7) is 5.54. The molecule has 1 N–H and O–H groups in total. The van der Waals surface area contributed by atoms with Gasteiger partial charge in [-0.3, -0.25) is 4.79 Å². The summed E-state index contributed by atoms with van der Waals surface area (Å²) in [5.74, 6) is 0.0967. The molecule has 0 aliphatic carbocycles. The van der Waals surface area contributed by atoms with Crippen LogP contribution < -0.4 is 5.32 Å². The third-order valence-electron chi connectivity index (χ3n) is 3.15. The minimum Gasteiger partial charge on any atom is -0.339 e. The largest absolute Gasteiger partial charge is 0.339 e. The van der Waals surface area contributed by atoms with Gasteiger partial charge >= 0.3 is 0 Å². The molecule has 0 heterocycles. The van der Waals surface area contributed by atoms with Gasteiger partial charge in [0.15, 0.2) is 0 Å². The smallest absolute Gasteiger partial charge is 0.224 e. The Bertz CT molecular complexity index is 437. The summed E-state index contributed by atoms with van der Waals surface area (Å²) in [7, 11) is 1.80. The average Bonchev–Trinajstić information content (AvgIpc) is 2.37. The van der Waals surface area contributed by atoms with Gasteiger partial charge in [0.2, 0.25) is 5.91 Å². The molecule has 0 fully saturated rings. The summed E-state index contributed by atoms with van der Waals surface area (Å²) in [6.07, 6.45) is 0.486. The van der Waals surface area contributed by atoms with Crippen molar-refractivity contribution in [2.24, 2.45) is 0 Å². The number of carbonyl (C=O) groups excluding carboxylic acids is 1. The number of benzene rings is 1. The van der Waals surface area contributed by atoms with Crippen LogP contribution in [0.3, 0.4) is 0 Å². The van der Waals surface area contributed by atoms with E-state index in [1.807, 2.05) is 19.9 Å². The van der Waals surface area contributed by atoms with Gasteiger partial charge in [0.05, 0.1) is 6.04 Å². The highest BCUT2D eigenvalue weighted by Crippen LogP contribution is 2.29. The van der Waals surface area contributed by atoms with Crippen LogP contribution in [0, 0.1) is 0 Å². The van der Waals surface area contributed by atoms with Crippen LogP contribution in [0.2, 0.25) is 10.0 Å². The van der Waals surface area contributed by atoms with Crippen molar-refractivity contribution < 1.29 is 4.79 Å². The summed E-state index contributed by atoms with van der Waals surface area (Å²) >= 11 is 12.0. The van der Waals surface area contributed by atoms with Crippen LogP contribution >= 0.6 is 23.2 Å². The van der Waals surface area contributed by atoms with Gasteiger partial charge in [0.25, 0.3) is 0 Å². The van der Waals surface area contributed by atoms with Crippen molar-refractivity contribution in [2.75, 3.05) is 20.1 Å². The number of rotatable bonds is 6. The molecule has 5 heteroatoms. The zero-order valence-corrected chi connectivity index (χ0v) is 13.1. The molecule has 0 aliphatic heterocycles. The Morgan fingerprint density at radius 1 is 1.42 bits per heavy atom. The maximum absolute atomic E-state index is 12.0. The van der Waals surface area contributed by atoms with Crippen molar-refractivity contribution in [3.63, 3.8) is 0 Å². The molecular formula is C14H20Cl2N2O. The molecule has 1 unspecified atom stereocenters. The maximum Gasteiger partial charge on any atom is 0.224 e. The van der Waals surface area contributed by atoms with E-state index in [2.05, 4.69) is 5.32 Å². The number of hydrogen-bond donors (Lipinski definition) is 1. The summed E-state index contributed by atoms with van der Waals surface area (Å²) in [5, 5.41) is 4.33. The van der Waals surface area contributed by atoms with Crippen LogP contribution in [-0.2, 0) is 4.79 Å². The molecule has 3 nitrogen and oxygen atoms in total. The molecule has 0 saturated carbocycles. The molecule has 1 amide bonds. The van der Waals surface area contributed by atoms with E-state index in [1.54, 1.807) is 24.1 Å². The van der Waals surface area contributed by atoms with Gasteiger partial charge in [0.1, 0.15) is 0 Å². The minimum atomic E-state index is -0.0705. The van der Waals surface area contributed by atoms with Crippen LogP contribution in [0.5, 0.6) is 0 Å². The molecule has 0 aliphatic rings. The first-order valence-corrected chi connectivity index (χ1v) is 7.14. The van der Waals surface area contributed by atoms with Gasteiger partial charge in [-0.15, -0.1) is 0 Å². The van der Waals surface area contributed by atoms with Gasteiger partial charge in [-0.05, 0) is 31.2 Å². The van der Waals surface area contributed by atoms with Crippen molar-refractivity contribution >= 4 is 29.1 Å². The SMILES string of the molecule is CCNCCC(=O)N(C)C(C)c1ccc(Cl)cc1Cl. The molecule has 0 bridgehead atoms. The van der Waals surface area contributed by atoms with Crippen LogP contribution in [0.4, 0.5) is 0 Å². The number of amides is 1. The normalized spacial score (nSPS) is 12.3. The van der Waals surface area contributed by atoms with Crippen LogP contribution in [0.1, 0.15) is 31.9 Å².